The molecule has 0 saturated carbocycles. The van der Waals surface area contributed by atoms with E-state index in [1.54, 1.807) is 42.7 Å². The van der Waals surface area contributed by atoms with Crippen LogP contribution in [-0.2, 0) is 4.79 Å². The molecule has 2 amide bonds. The summed E-state index contributed by atoms with van der Waals surface area (Å²) in [7, 11) is 0. The minimum Gasteiger partial charge on any atom is -0.345 e. The Bertz CT molecular complexity index is 968. The molecule has 0 radical (unpaired) electrons. The van der Waals surface area contributed by atoms with Crippen molar-refractivity contribution in [3.05, 3.63) is 60.2 Å². The second-order valence-corrected chi connectivity index (χ2v) is 5.89. The summed E-state index contributed by atoms with van der Waals surface area (Å²) < 4.78 is 13.9. The fourth-order valence-electron chi connectivity index (χ4n) is 3.04. The fraction of sp³-hybridized carbons (Fsp3) is 0.167. The Labute approximate surface area is 142 Å². The number of amides is 2. The number of anilines is 1. The average molecular weight is 338 g/mol. The monoisotopic (exact) mass is 338 g/mol. The maximum absolute atomic E-state index is 13.9. The van der Waals surface area contributed by atoms with Gasteiger partial charge in [-0.05, 0) is 36.8 Å². The lowest BCUT2D eigenvalue weighted by Crippen LogP contribution is -2.41. The van der Waals surface area contributed by atoms with Gasteiger partial charge in [-0.15, -0.1) is 0 Å². The van der Waals surface area contributed by atoms with Crippen molar-refractivity contribution >= 4 is 28.5 Å². The lowest BCUT2D eigenvalue weighted by atomic mass is 10.1. The topological polar surface area (TPSA) is 78.1 Å². The number of para-hydroxylation sites is 1. The standard InChI is InChI=1S/C18H15FN4O2/c19-12-3-1-2-4-16(12)23-8-7-14(18(23)25)22-17(24)11-5-6-13-15(9-11)21-10-20-13/h1-6,9-10,14H,7-8H2,(H,20,21)(H,22,24). The Kier molecular flexibility index (Phi) is 3.68. The molecular formula is C18H15FN4O2. The van der Waals surface area contributed by atoms with E-state index in [4.69, 9.17) is 0 Å². The number of halogens is 1. The van der Waals surface area contributed by atoms with Gasteiger partial charge in [-0.3, -0.25) is 9.59 Å². The van der Waals surface area contributed by atoms with Gasteiger partial charge in [0.05, 0.1) is 23.0 Å². The number of rotatable bonds is 3. The molecule has 1 atom stereocenters. The number of fused-ring (bicyclic) bond motifs is 1. The van der Waals surface area contributed by atoms with Gasteiger partial charge in [-0.2, -0.15) is 0 Å². The lowest BCUT2D eigenvalue weighted by Gasteiger charge is -2.17. The number of nitrogens with zero attached hydrogens (tertiary/aromatic N) is 2. The molecule has 1 unspecified atom stereocenters. The van der Waals surface area contributed by atoms with Gasteiger partial charge < -0.3 is 15.2 Å². The number of imidazole rings is 1. The van der Waals surface area contributed by atoms with Crippen LogP contribution in [0.15, 0.2) is 48.8 Å². The molecule has 0 spiro atoms. The van der Waals surface area contributed by atoms with Crippen LogP contribution in [0.2, 0.25) is 0 Å². The Hall–Kier alpha value is -3.22. The molecule has 1 aromatic heterocycles. The number of aromatic nitrogens is 2. The van der Waals surface area contributed by atoms with Crippen molar-refractivity contribution in [3.8, 4) is 0 Å². The molecule has 6 nitrogen and oxygen atoms in total. The van der Waals surface area contributed by atoms with Crippen molar-refractivity contribution in [1.29, 1.82) is 0 Å². The maximum Gasteiger partial charge on any atom is 0.252 e. The summed E-state index contributed by atoms with van der Waals surface area (Å²) in [5.74, 6) is -1.10. The second-order valence-electron chi connectivity index (χ2n) is 5.89. The van der Waals surface area contributed by atoms with E-state index < -0.39 is 11.9 Å². The Morgan fingerprint density at radius 3 is 2.96 bits per heavy atom. The van der Waals surface area contributed by atoms with E-state index in [1.165, 1.54) is 11.0 Å². The summed E-state index contributed by atoms with van der Waals surface area (Å²) in [4.78, 5) is 33.4. The molecule has 126 valence electrons. The van der Waals surface area contributed by atoms with Crippen LogP contribution >= 0.6 is 0 Å². The number of benzene rings is 2. The SMILES string of the molecule is O=C(NC1CCN(c2ccccc2F)C1=O)c1ccc2nc[nH]c2c1. The highest BCUT2D eigenvalue weighted by atomic mass is 19.1. The normalized spacial score (nSPS) is 17.2. The first kappa shape index (κ1) is 15.3. The summed E-state index contributed by atoms with van der Waals surface area (Å²) in [6.45, 7) is 0.365. The quantitative estimate of drug-likeness (QED) is 0.769. The number of H-pyrrole nitrogens is 1. The molecule has 1 fully saturated rings. The first-order chi connectivity index (χ1) is 12.1. The molecule has 2 heterocycles. The molecule has 0 aliphatic carbocycles. The zero-order valence-corrected chi connectivity index (χ0v) is 13.2. The molecule has 1 aliphatic heterocycles. The number of carbonyl (C=O) groups excluding carboxylic acids is 2. The van der Waals surface area contributed by atoms with E-state index in [9.17, 15) is 14.0 Å². The van der Waals surface area contributed by atoms with Gasteiger partial charge in [0.2, 0.25) is 5.91 Å². The molecule has 4 rings (SSSR count). The number of hydrogen-bond acceptors (Lipinski definition) is 3. The van der Waals surface area contributed by atoms with E-state index in [1.807, 2.05) is 0 Å². The van der Waals surface area contributed by atoms with Gasteiger partial charge >= 0.3 is 0 Å². The molecule has 1 saturated heterocycles. The van der Waals surface area contributed by atoms with Gasteiger partial charge in [-0.1, -0.05) is 12.1 Å². The molecule has 7 heteroatoms. The largest absolute Gasteiger partial charge is 0.345 e. The van der Waals surface area contributed by atoms with Crippen molar-refractivity contribution in [1.82, 2.24) is 15.3 Å². The van der Waals surface area contributed by atoms with Crippen LogP contribution in [0.4, 0.5) is 10.1 Å². The molecule has 2 N–H and O–H groups in total. The van der Waals surface area contributed by atoms with Crippen molar-refractivity contribution in [2.75, 3.05) is 11.4 Å². The van der Waals surface area contributed by atoms with Gasteiger partial charge in [0, 0.05) is 12.1 Å². The summed E-state index contributed by atoms with van der Waals surface area (Å²) in [5.41, 5.74) is 2.19. The van der Waals surface area contributed by atoms with E-state index in [0.717, 1.165) is 11.0 Å². The van der Waals surface area contributed by atoms with Crippen LogP contribution in [0.3, 0.4) is 0 Å². The number of nitrogens with one attached hydrogen (secondary N) is 2. The van der Waals surface area contributed by atoms with Gasteiger partial charge in [-0.25, -0.2) is 9.37 Å². The lowest BCUT2D eigenvalue weighted by molar-refractivity contribution is -0.118. The third-order valence-electron chi connectivity index (χ3n) is 4.34. The first-order valence-electron chi connectivity index (χ1n) is 7.93. The third kappa shape index (κ3) is 2.73. The van der Waals surface area contributed by atoms with Crippen LogP contribution in [0.5, 0.6) is 0 Å². The highest BCUT2D eigenvalue weighted by molar-refractivity contribution is 6.04. The number of aromatic amines is 1. The Morgan fingerprint density at radius 1 is 1.28 bits per heavy atom. The summed E-state index contributed by atoms with van der Waals surface area (Å²) in [6.07, 6.45) is 1.99. The molecule has 3 aromatic rings. The predicted molar refractivity (Wildman–Crippen MR) is 90.7 cm³/mol. The van der Waals surface area contributed by atoms with Crippen LogP contribution in [0.25, 0.3) is 11.0 Å². The van der Waals surface area contributed by atoms with Gasteiger partial charge in [0.15, 0.2) is 0 Å². The zero-order valence-electron chi connectivity index (χ0n) is 13.2. The van der Waals surface area contributed by atoms with E-state index >= 15 is 0 Å². The predicted octanol–water partition coefficient (Wildman–Crippen LogP) is 2.24. The number of carbonyl (C=O) groups is 2. The fourth-order valence-corrected chi connectivity index (χ4v) is 3.04. The molecular weight excluding hydrogens is 323 g/mol. The molecule has 0 bridgehead atoms. The minimum atomic E-state index is -0.662. The van der Waals surface area contributed by atoms with E-state index in [2.05, 4.69) is 15.3 Å². The van der Waals surface area contributed by atoms with E-state index in [-0.39, 0.29) is 17.5 Å². The summed E-state index contributed by atoms with van der Waals surface area (Å²) in [5, 5.41) is 2.73. The zero-order chi connectivity index (χ0) is 17.4. The Morgan fingerprint density at radius 2 is 2.12 bits per heavy atom. The average Bonchev–Trinajstić information content (AvgIpc) is 3.22. The van der Waals surface area contributed by atoms with Crippen LogP contribution in [0.1, 0.15) is 16.8 Å². The Balaban J connectivity index is 1.50. The van der Waals surface area contributed by atoms with Crippen molar-refractivity contribution in [2.45, 2.75) is 12.5 Å². The van der Waals surface area contributed by atoms with Crippen molar-refractivity contribution in [3.63, 3.8) is 0 Å². The second kappa shape index (κ2) is 6.01. The first-order valence-corrected chi connectivity index (χ1v) is 7.93. The summed E-state index contributed by atoms with van der Waals surface area (Å²) in [6, 6.07) is 10.5. The van der Waals surface area contributed by atoms with Crippen LogP contribution in [0, 0.1) is 5.82 Å². The maximum atomic E-state index is 13.9. The summed E-state index contributed by atoms with van der Waals surface area (Å²) >= 11 is 0. The highest BCUT2D eigenvalue weighted by Gasteiger charge is 2.34. The molecule has 1 aliphatic rings. The number of hydrogen-bond donors (Lipinski definition) is 2. The molecule has 2 aromatic carbocycles. The third-order valence-corrected chi connectivity index (χ3v) is 4.34. The minimum absolute atomic E-state index is 0.239. The van der Waals surface area contributed by atoms with Crippen molar-refractivity contribution in [2.24, 2.45) is 0 Å². The smallest absolute Gasteiger partial charge is 0.252 e. The van der Waals surface area contributed by atoms with E-state index in [0.29, 0.717) is 18.5 Å². The van der Waals surface area contributed by atoms with Gasteiger partial charge in [0.25, 0.3) is 5.91 Å². The van der Waals surface area contributed by atoms with Crippen LogP contribution < -0.4 is 10.2 Å². The van der Waals surface area contributed by atoms with Crippen LogP contribution in [-0.4, -0.2) is 34.4 Å². The van der Waals surface area contributed by atoms with Crippen molar-refractivity contribution < 1.29 is 14.0 Å². The highest BCUT2D eigenvalue weighted by Crippen LogP contribution is 2.24. The van der Waals surface area contributed by atoms with Gasteiger partial charge in [0.1, 0.15) is 11.9 Å². The molecule has 25 heavy (non-hydrogen) atoms.